The van der Waals surface area contributed by atoms with Crippen LogP contribution in [-0.4, -0.2) is 70.8 Å². The summed E-state index contributed by atoms with van der Waals surface area (Å²) in [6.45, 7) is 4.95. The molecule has 37 heavy (non-hydrogen) atoms. The van der Waals surface area contributed by atoms with Crippen LogP contribution in [0.4, 0.5) is 5.13 Å². The van der Waals surface area contributed by atoms with Crippen LogP contribution in [0.5, 0.6) is 0 Å². The third-order valence-electron chi connectivity index (χ3n) is 6.75. The van der Waals surface area contributed by atoms with Crippen LogP contribution >= 0.6 is 34.5 Å². The number of amides is 3. The highest BCUT2D eigenvalue weighted by molar-refractivity contribution is 7.13. The number of hydrogen-bond donors (Lipinski definition) is 2. The van der Waals surface area contributed by atoms with Gasteiger partial charge in [0.15, 0.2) is 5.13 Å². The van der Waals surface area contributed by atoms with Crippen LogP contribution in [0.3, 0.4) is 0 Å². The van der Waals surface area contributed by atoms with Crippen LogP contribution < -0.4 is 10.6 Å². The molecule has 0 radical (unpaired) electrons. The van der Waals surface area contributed by atoms with Gasteiger partial charge < -0.3 is 20.4 Å². The Labute approximate surface area is 231 Å². The minimum absolute atomic E-state index is 0.0127. The molecule has 1 unspecified atom stereocenters. The molecule has 11 heteroatoms. The lowest BCUT2D eigenvalue weighted by Gasteiger charge is -2.33. The van der Waals surface area contributed by atoms with E-state index in [-0.39, 0.29) is 41.8 Å². The first kappa shape index (κ1) is 27.8. The van der Waals surface area contributed by atoms with Gasteiger partial charge in [-0.15, -0.1) is 11.3 Å². The van der Waals surface area contributed by atoms with Gasteiger partial charge in [0.25, 0.3) is 5.91 Å². The zero-order valence-corrected chi connectivity index (χ0v) is 23.3. The SMILES string of the molecule is CC1CCCCN1CCCNC(=O)Cc1csc(NC(=O)CN(C(=O)c2ccc(Cl)cc2Cl)C2CC2)n1. The summed E-state index contributed by atoms with van der Waals surface area (Å²) in [6, 6.07) is 5.33. The highest BCUT2D eigenvalue weighted by Crippen LogP contribution is 2.30. The Hall–Kier alpha value is -2.20. The smallest absolute Gasteiger partial charge is 0.256 e. The lowest BCUT2D eigenvalue weighted by Crippen LogP contribution is -2.39. The van der Waals surface area contributed by atoms with E-state index in [1.165, 1.54) is 41.6 Å². The largest absolute Gasteiger partial charge is 0.356 e. The van der Waals surface area contributed by atoms with Crippen molar-refractivity contribution in [3.8, 4) is 0 Å². The molecule has 2 fully saturated rings. The first-order valence-corrected chi connectivity index (χ1v) is 14.4. The number of likely N-dealkylation sites (tertiary alicyclic amines) is 1. The Morgan fingerprint density at radius 1 is 1.16 bits per heavy atom. The monoisotopic (exact) mass is 565 g/mol. The molecule has 200 valence electrons. The predicted octanol–water partition coefficient (Wildman–Crippen LogP) is 4.62. The lowest BCUT2D eigenvalue weighted by atomic mass is 10.0. The second kappa shape index (κ2) is 13.0. The number of hydrogen-bond acceptors (Lipinski definition) is 6. The maximum absolute atomic E-state index is 13.0. The molecular weight excluding hydrogens is 533 g/mol. The van der Waals surface area contributed by atoms with Gasteiger partial charge in [-0.05, 0) is 63.8 Å². The van der Waals surface area contributed by atoms with Gasteiger partial charge in [0.1, 0.15) is 6.54 Å². The zero-order chi connectivity index (χ0) is 26.4. The maximum atomic E-state index is 13.0. The highest BCUT2D eigenvalue weighted by Gasteiger charge is 2.35. The van der Waals surface area contributed by atoms with Crippen molar-refractivity contribution in [2.45, 2.75) is 64.0 Å². The van der Waals surface area contributed by atoms with Crippen molar-refractivity contribution >= 4 is 57.4 Å². The number of carbonyl (C=O) groups is 3. The zero-order valence-electron chi connectivity index (χ0n) is 21.0. The van der Waals surface area contributed by atoms with Gasteiger partial charge in [0.05, 0.1) is 22.7 Å². The fourth-order valence-corrected chi connectivity index (χ4v) is 5.77. The molecule has 1 atom stereocenters. The molecule has 2 N–H and O–H groups in total. The van der Waals surface area contributed by atoms with Crippen molar-refractivity contribution in [1.82, 2.24) is 20.1 Å². The van der Waals surface area contributed by atoms with E-state index in [2.05, 4.69) is 27.4 Å². The molecule has 0 spiro atoms. The van der Waals surface area contributed by atoms with E-state index in [1.807, 2.05) is 0 Å². The Morgan fingerprint density at radius 2 is 1.97 bits per heavy atom. The molecule has 3 amide bonds. The number of carbonyl (C=O) groups excluding carboxylic acids is 3. The van der Waals surface area contributed by atoms with Crippen LogP contribution in [0.2, 0.25) is 10.0 Å². The van der Waals surface area contributed by atoms with Crippen LogP contribution in [0.1, 0.15) is 61.5 Å². The minimum atomic E-state index is -0.345. The summed E-state index contributed by atoms with van der Waals surface area (Å²) < 4.78 is 0. The first-order chi connectivity index (χ1) is 17.8. The number of benzene rings is 1. The van der Waals surface area contributed by atoms with Gasteiger partial charge in [0, 0.05) is 35.6 Å². The number of piperidine rings is 1. The standard InChI is InChI=1S/C26H33Cl2N5O3S/c1-17-5-2-3-11-32(17)12-4-10-29-23(34)14-19-16-37-26(30-19)31-24(35)15-33(20-7-8-20)25(36)21-9-6-18(27)13-22(21)28/h6,9,13,16-17,20H,2-5,7-8,10-12,14-15H2,1H3,(H,29,34)(H,30,31,35). The van der Waals surface area contributed by atoms with Gasteiger partial charge in [0.2, 0.25) is 11.8 Å². The molecule has 1 saturated carbocycles. The summed E-state index contributed by atoms with van der Waals surface area (Å²) in [5.74, 6) is -0.728. The van der Waals surface area contributed by atoms with E-state index in [0.717, 1.165) is 32.4 Å². The topological polar surface area (TPSA) is 94.6 Å². The Morgan fingerprint density at radius 3 is 2.70 bits per heavy atom. The third-order valence-corrected chi connectivity index (χ3v) is 8.10. The minimum Gasteiger partial charge on any atom is -0.356 e. The summed E-state index contributed by atoms with van der Waals surface area (Å²) in [5, 5.41) is 8.59. The number of nitrogens with one attached hydrogen (secondary N) is 2. The van der Waals surface area contributed by atoms with E-state index in [0.29, 0.717) is 34.0 Å². The van der Waals surface area contributed by atoms with Crippen molar-refractivity contribution in [3.63, 3.8) is 0 Å². The Kier molecular flexibility index (Phi) is 9.81. The number of rotatable bonds is 11. The van der Waals surface area contributed by atoms with E-state index >= 15 is 0 Å². The number of anilines is 1. The fourth-order valence-electron chi connectivity index (χ4n) is 4.56. The van der Waals surface area contributed by atoms with E-state index in [1.54, 1.807) is 17.5 Å². The molecule has 1 aliphatic carbocycles. The van der Waals surface area contributed by atoms with Gasteiger partial charge >= 0.3 is 0 Å². The summed E-state index contributed by atoms with van der Waals surface area (Å²) in [4.78, 5) is 46.5. The predicted molar refractivity (Wildman–Crippen MR) is 147 cm³/mol. The third kappa shape index (κ3) is 8.14. The normalized spacial score (nSPS) is 17.9. The number of aromatic nitrogens is 1. The fraction of sp³-hybridized carbons (Fsp3) is 0.538. The highest BCUT2D eigenvalue weighted by atomic mass is 35.5. The van der Waals surface area contributed by atoms with E-state index in [9.17, 15) is 14.4 Å². The molecule has 0 bridgehead atoms. The second-order valence-corrected chi connectivity index (χ2v) is 11.4. The average Bonchev–Trinajstić information content (AvgIpc) is 3.61. The van der Waals surface area contributed by atoms with Gasteiger partial charge in [-0.2, -0.15) is 0 Å². The molecule has 1 saturated heterocycles. The average molecular weight is 567 g/mol. The lowest BCUT2D eigenvalue weighted by molar-refractivity contribution is -0.120. The summed E-state index contributed by atoms with van der Waals surface area (Å²) >= 11 is 13.4. The molecule has 1 aromatic carbocycles. The molecule has 2 aliphatic rings. The van der Waals surface area contributed by atoms with E-state index < -0.39 is 0 Å². The number of thiazole rings is 1. The van der Waals surface area contributed by atoms with Crippen molar-refractivity contribution in [2.24, 2.45) is 0 Å². The van der Waals surface area contributed by atoms with Crippen molar-refractivity contribution in [1.29, 1.82) is 0 Å². The van der Waals surface area contributed by atoms with Crippen LogP contribution in [-0.2, 0) is 16.0 Å². The first-order valence-electron chi connectivity index (χ1n) is 12.8. The molecule has 1 aliphatic heterocycles. The summed E-state index contributed by atoms with van der Waals surface area (Å²) in [5.41, 5.74) is 0.921. The number of nitrogens with zero attached hydrogens (tertiary/aromatic N) is 3. The maximum Gasteiger partial charge on any atom is 0.256 e. The Balaban J connectivity index is 1.22. The van der Waals surface area contributed by atoms with Gasteiger partial charge in [-0.25, -0.2) is 4.98 Å². The molecule has 4 rings (SSSR count). The summed E-state index contributed by atoms with van der Waals surface area (Å²) in [6.07, 6.45) is 6.58. The molecule has 2 aromatic rings. The van der Waals surface area contributed by atoms with Crippen LogP contribution in [0.25, 0.3) is 0 Å². The van der Waals surface area contributed by atoms with Gasteiger partial charge in [-0.1, -0.05) is 29.6 Å². The van der Waals surface area contributed by atoms with Crippen molar-refractivity contribution in [2.75, 3.05) is 31.5 Å². The quantitative estimate of drug-likeness (QED) is 0.388. The van der Waals surface area contributed by atoms with Crippen molar-refractivity contribution in [3.05, 3.63) is 44.9 Å². The molecule has 1 aromatic heterocycles. The van der Waals surface area contributed by atoms with Gasteiger partial charge in [-0.3, -0.25) is 14.4 Å². The molecular formula is C26H33Cl2N5O3S. The number of halogens is 2. The Bertz CT molecular complexity index is 1120. The van der Waals surface area contributed by atoms with E-state index in [4.69, 9.17) is 23.2 Å². The van der Waals surface area contributed by atoms with Crippen molar-refractivity contribution < 1.29 is 14.4 Å². The van der Waals surface area contributed by atoms with Crippen LogP contribution in [0, 0.1) is 0 Å². The summed E-state index contributed by atoms with van der Waals surface area (Å²) in [7, 11) is 0. The molecule has 2 heterocycles. The molecule has 8 nitrogen and oxygen atoms in total. The van der Waals surface area contributed by atoms with Crippen LogP contribution in [0.15, 0.2) is 23.6 Å². The second-order valence-electron chi connectivity index (χ2n) is 9.74.